The van der Waals surface area contributed by atoms with E-state index in [0.717, 1.165) is 31.5 Å². The summed E-state index contributed by atoms with van der Waals surface area (Å²) in [5.41, 5.74) is 1.06. The van der Waals surface area contributed by atoms with Crippen LogP contribution in [0.1, 0.15) is 61.6 Å². The van der Waals surface area contributed by atoms with Crippen LogP contribution in [0, 0.1) is 0 Å². The number of hydrogen-bond acceptors (Lipinski definition) is 4. The van der Waals surface area contributed by atoms with Crippen LogP contribution in [-0.4, -0.2) is 33.5 Å². The molecule has 4 nitrogen and oxygen atoms in total. The molecular weight excluding hydrogens is 272 g/mol. The first-order chi connectivity index (χ1) is 9.74. The molecule has 110 valence electrons. The van der Waals surface area contributed by atoms with Crippen molar-refractivity contribution in [3.05, 3.63) is 16.1 Å². The van der Waals surface area contributed by atoms with Crippen LogP contribution in [0.25, 0.3) is 0 Å². The fourth-order valence-electron chi connectivity index (χ4n) is 3.42. The summed E-state index contributed by atoms with van der Waals surface area (Å²) < 4.78 is 0. The second-order valence-electron chi connectivity index (χ2n) is 5.98. The van der Waals surface area contributed by atoms with Gasteiger partial charge in [-0.15, -0.1) is 11.3 Å². The van der Waals surface area contributed by atoms with Crippen molar-refractivity contribution in [1.82, 2.24) is 9.88 Å². The molecule has 5 heteroatoms. The third-order valence-electron chi connectivity index (χ3n) is 4.54. The van der Waals surface area contributed by atoms with Gasteiger partial charge in [-0.05, 0) is 32.2 Å². The quantitative estimate of drug-likeness (QED) is 0.926. The van der Waals surface area contributed by atoms with Gasteiger partial charge in [0.2, 0.25) is 0 Å². The van der Waals surface area contributed by atoms with Gasteiger partial charge in [0, 0.05) is 17.8 Å². The number of thiazole rings is 1. The van der Waals surface area contributed by atoms with E-state index in [4.69, 9.17) is 4.98 Å². The van der Waals surface area contributed by atoms with E-state index in [2.05, 4.69) is 10.3 Å². The van der Waals surface area contributed by atoms with E-state index in [1.54, 1.807) is 11.3 Å². The molecule has 0 amide bonds. The zero-order chi connectivity index (χ0) is 13.9. The molecule has 2 fully saturated rings. The first-order valence-electron chi connectivity index (χ1n) is 7.65. The number of carboxylic acids is 1. The van der Waals surface area contributed by atoms with Crippen molar-refractivity contribution in [1.29, 1.82) is 0 Å². The number of piperidine rings is 1. The molecule has 3 rings (SSSR count). The standard InChI is InChI=1S/C15H22N2O2S/c18-15(19)13-7-3-4-8-17(13)9-12-10-20-14(16-12)11-5-1-2-6-11/h10-11,13H,1-9H2,(H,18,19). The van der Waals surface area contributed by atoms with Crippen molar-refractivity contribution >= 4 is 17.3 Å². The van der Waals surface area contributed by atoms with E-state index in [-0.39, 0.29) is 6.04 Å². The molecule has 1 aliphatic heterocycles. The molecule has 0 aromatic carbocycles. The molecule has 1 aliphatic carbocycles. The van der Waals surface area contributed by atoms with Gasteiger partial charge in [-0.3, -0.25) is 9.69 Å². The summed E-state index contributed by atoms with van der Waals surface area (Å²) in [6.07, 6.45) is 8.10. The van der Waals surface area contributed by atoms with Crippen molar-refractivity contribution in [3.63, 3.8) is 0 Å². The van der Waals surface area contributed by atoms with E-state index in [0.29, 0.717) is 12.5 Å². The second-order valence-corrected chi connectivity index (χ2v) is 6.87. The lowest BCUT2D eigenvalue weighted by Gasteiger charge is -2.32. The smallest absolute Gasteiger partial charge is 0.320 e. The summed E-state index contributed by atoms with van der Waals surface area (Å²) in [6.45, 7) is 1.58. The highest BCUT2D eigenvalue weighted by molar-refractivity contribution is 7.09. The van der Waals surface area contributed by atoms with Gasteiger partial charge < -0.3 is 5.11 Å². The number of carboxylic acid groups (broad SMARTS) is 1. The van der Waals surface area contributed by atoms with E-state index in [9.17, 15) is 9.90 Å². The van der Waals surface area contributed by atoms with Crippen molar-refractivity contribution in [2.45, 2.75) is 63.5 Å². The average molecular weight is 294 g/mol. The van der Waals surface area contributed by atoms with Crippen molar-refractivity contribution in [2.24, 2.45) is 0 Å². The van der Waals surface area contributed by atoms with Gasteiger partial charge in [0.15, 0.2) is 0 Å². The zero-order valence-electron chi connectivity index (χ0n) is 11.8. The Bertz CT molecular complexity index is 468. The SMILES string of the molecule is O=C(O)C1CCCCN1Cc1csc(C2CCCC2)n1. The number of nitrogens with zero attached hydrogens (tertiary/aromatic N) is 2. The van der Waals surface area contributed by atoms with Crippen molar-refractivity contribution < 1.29 is 9.90 Å². The minimum Gasteiger partial charge on any atom is -0.480 e. The Hall–Kier alpha value is -0.940. The number of likely N-dealkylation sites (tertiary alicyclic amines) is 1. The highest BCUT2D eigenvalue weighted by Gasteiger charge is 2.29. The van der Waals surface area contributed by atoms with Crippen LogP contribution in [-0.2, 0) is 11.3 Å². The van der Waals surface area contributed by atoms with E-state index in [1.807, 2.05) is 0 Å². The highest BCUT2D eigenvalue weighted by Crippen LogP contribution is 2.35. The Morgan fingerprint density at radius 1 is 1.30 bits per heavy atom. The number of aliphatic carboxylic acids is 1. The molecule has 0 radical (unpaired) electrons. The lowest BCUT2D eigenvalue weighted by Crippen LogP contribution is -2.44. The van der Waals surface area contributed by atoms with Gasteiger partial charge >= 0.3 is 5.97 Å². The van der Waals surface area contributed by atoms with Crippen LogP contribution >= 0.6 is 11.3 Å². The number of hydrogen-bond donors (Lipinski definition) is 1. The molecule has 2 heterocycles. The molecule has 0 bridgehead atoms. The summed E-state index contributed by atoms with van der Waals surface area (Å²) >= 11 is 1.76. The summed E-state index contributed by atoms with van der Waals surface area (Å²) in [5.74, 6) is -0.0266. The lowest BCUT2D eigenvalue weighted by atomic mass is 10.0. The van der Waals surface area contributed by atoms with Crippen LogP contribution in [0.3, 0.4) is 0 Å². The molecule has 20 heavy (non-hydrogen) atoms. The molecule has 1 N–H and O–H groups in total. The van der Waals surface area contributed by atoms with Gasteiger partial charge in [-0.1, -0.05) is 19.3 Å². The Kier molecular flexibility index (Phi) is 4.36. The summed E-state index contributed by atoms with van der Waals surface area (Å²) in [5, 5.41) is 12.7. The minimum absolute atomic E-state index is 0.319. The van der Waals surface area contributed by atoms with E-state index >= 15 is 0 Å². The van der Waals surface area contributed by atoms with Crippen LogP contribution in [0.15, 0.2) is 5.38 Å². The maximum atomic E-state index is 11.3. The summed E-state index contributed by atoms with van der Waals surface area (Å²) in [7, 11) is 0. The molecule has 1 saturated heterocycles. The molecule has 1 atom stereocenters. The van der Waals surface area contributed by atoms with Crippen LogP contribution in [0.2, 0.25) is 0 Å². The third kappa shape index (κ3) is 3.04. The third-order valence-corrected chi connectivity index (χ3v) is 5.59. The molecule has 1 aromatic rings. The van der Waals surface area contributed by atoms with Crippen LogP contribution in [0.5, 0.6) is 0 Å². The van der Waals surface area contributed by atoms with Crippen molar-refractivity contribution in [3.8, 4) is 0 Å². The largest absolute Gasteiger partial charge is 0.480 e. The van der Waals surface area contributed by atoms with E-state index in [1.165, 1.54) is 30.7 Å². The fraction of sp³-hybridized carbons (Fsp3) is 0.733. The van der Waals surface area contributed by atoms with Crippen molar-refractivity contribution in [2.75, 3.05) is 6.54 Å². The predicted molar refractivity (Wildman–Crippen MR) is 79.0 cm³/mol. The van der Waals surface area contributed by atoms with E-state index < -0.39 is 5.97 Å². The summed E-state index contributed by atoms with van der Waals surface area (Å²) in [4.78, 5) is 18.2. The minimum atomic E-state index is -0.684. The van der Waals surface area contributed by atoms with Gasteiger partial charge in [-0.2, -0.15) is 0 Å². The Morgan fingerprint density at radius 2 is 2.05 bits per heavy atom. The summed E-state index contributed by atoms with van der Waals surface area (Å²) in [6, 6.07) is -0.319. The Balaban J connectivity index is 1.65. The lowest BCUT2D eigenvalue weighted by molar-refractivity contribution is -0.144. The van der Waals surface area contributed by atoms with Crippen LogP contribution in [0.4, 0.5) is 0 Å². The molecule has 1 saturated carbocycles. The maximum Gasteiger partial charge on any atom is 0.320 e. The number of carbonyl (C=O) groups is 1. The Labute approximate surface area is 123 Å². The highest BCUT2D eigenvalue weighted by atomic mass is 32.1. The second kappa shape index (κ2) is 6.22. The molecule has 2 aliphatic rings. The topological polar surface area (TPSA) is 53.4 Å². The number of aromatic nitrogens is 1. The monoisotopic (exact) mass is 294 g/mol. The Morgan fingerprint density at radius 3 is 2.80 bits per heavy atom. The van der Waals surface area contributed by atoms with Gasteiger partial charge in [-0.25, -0.2) is 4.98 Å². The molecule has 0 spiro atoms. The first kappa shape index (κ1) is 14.0. The molecule has 1 aromatic heterocycles. The maximum absolute atomic E-state index is 11.3. The molecular formula is C15H22N2O2S. The van der Waals surface area contributed by atoms with Gasteiger partial charge in [0.1, 0.15) is 6.04 Å². The fourth-order valence-corrected chi connectivity index (χ4v) is 4.41. The van der Waals surface area contributed by atoms with Crippen LogP contribution < -0.4 is 0 Å². The normalized spacial score (nSPS) is 25.1. The first-order valence-corrected chi connectivity index (χ1v) is 8.53. The van der Waals surface area contributed by atoms with Gasteiger partial charge in [0.05, 0.1) is 10.7 Å². The predicted octanol–water partition coefficient (Wildman–Crippen LogP) is 3.24. The number of rotatable bonds is 4. The molecule has 1 unspecified atom stereocenters. The van der Waals surface area contributed by atoms with Gasteiger partial charge in [0.25, 0.3) is 0 Å². The average Bonchev–Trinajstić information content (AvgIpc) is 3.09. The zero-order valence-corrected chi connectivity index (χ0v) is 12.6.